The Hall–Kier alpha value is -1.32. The molecule has 0 saturated carbocycles. The lowest BCUT2D eigenvalue weighted by Crippen LogP contribution is -2.13. The third-order valence-electron chi connectivity index (χ3n) is 2.42. The van der Waals surface area contributed by atoms with E-state index >= 15 is 0 Å². The zero-order valence-electron chi connectivity index (χ0n) is 11.6. The van der Waals surface area contributed by atoms with Crippen LogP contribution in [0.2, 0.25) is 19.6 Å². The molecule has 0 heterocycles. The van der Waals surface area contributed by atoms with Crippen molar-refractivity contribution in [1.82, 2.24) is 0 Å². The van der Waals surface area contributed by atoms with Gasteiger partial charge in [-0.1, -0.05) is 50.0 Å². The van der Waals surface area contributed by atoms with Crippen LogP contribution < -0.4 is 0 Å². The number of hydrogen-bond donors (Lipinski definition) is 0. The van der Waals surface area contributed by atoms with Crippen LogP contribution in [-0.2, 0) is 0 Å². The van der Waals surface area contributed by atoms with Crippen molar-refractivity contribution in [3.63, 3.8) is 0 Å². The van der Waals surface area contributed by atoms with Crippen LogP contribution in [0.25, 0.3) is 0 Å². The number of hydrogen-bond acceptors (Lipinski definition) is 2. The summed E-state index contributed by atoms with van der Waals surface area (Å²) < 4.78 is 0. The minimum Gasteiger partial charge on any atom is -0.256 e. The zero-order chi connectivity index (χ0) is 13.7. The van der Waals surface area contributed by atoms with E-state index in [4.69, 9.17) is 0 Å². The number of rotatable bonds is 4. The van der Waals surface area contributed by atoms with Gasteiger partial charge in [-0.05, 0) is 29.8 Å². The highest BCUT2D eigenvalue weighted by Gasteiger charge is 2.14. The first kappa shape index (κ1) is 14.1. The molecule has 2 rings (SSSR count). The highest BCUT2D eigenvalue weighted by molar-refractivity contribution is 8.28. The number of benzene rings is 2. The van der Waals surface area contributed by atoms with Crippen molar-refractivity contribution >= 4 is 30.3 Å². The minimum absolute atomic E-state index is 0.989. The second kappa shape index (κ2) is 6.22. The van der Waals surface area contributed by atoms with E-state index in [1.54, 1.807) is 0 Å². The molecule has 98 valence electrons. The van der Waals surface area contributed by atoms with Crippen LogP contribution in [-0.4, -0.2) is 13.4 Å². The second-order valence-electron chi connectivity index (χ2n) is 5.38. The van der Waals surface area contributed by atoms with E-state index in [0.29, 0.717) is 0 Å². The predicted molar refractivity (Wildman–Crippen MR) is 89.3 cm³/mol. The molecule has 0 saturated heterocycles. The van der Waals surface area contributed by atoms with E-state index in [1.165, 1.54) is 4.90 Å². The van der Waals surface area contributed by atoms with E-state index in [9.17, 15) is 0 Å². The quantitative estimate of drug-likeness (QED) is 0.544. The molecular weight excluding hydrogens is 266 g/mol. The summed E-state index contributed by atoms with van der Waals surface area (Å²) in [6.07, 6.45) is 1.91. The molecule has 2 aromatic rings. The number of para-hydroxylation sites is 1. The van der Waals surface area contributed by atoms with Crippen molar-refractivity contribution in [2.75, 3.05) is 0 Å². The largest absolute Gasteiger partial charge is 0.256 e. The van der Waals surface area contributed by atoms with E-state index in [-0.39, 0.29) is 0 Å². The van der Waals surface area contributed by atoms with E-state index in [0.717, 1.165) is 11.3 Å². The lowest BCUT2D eigenvalue weighted by Gasteiger charge is -2.14. The van der Waals surface area contributed by atoms with Crippen molar-refractivity contribution in [2.45, 2.75) is 24.5 Å². The van der Waals surface area contributed by atoms with Gasteiger partial charge in [-0.3, -0.25) is 4.99 Å². The van der Waals surface area contributed by atoms with Crippen LogP contribution in [0.3, 0.4) is 0 Å². The van der Waals surface area contributed by atoms with Crippen molar-refractivity contribution in [1.29, 1.82) is 0 Å². The van der Waals surface area contributed by atoms with Crippen molar-refractivity contribution in [2.24, 2.45) is 4.99 Å². The Morgan fingerprint density at radius 3 is 2.11 bits per heavy atom. The molecule has 0 atom stereocenters. The maximum absolute atomic E-state index is 4.46. The Labute approximate surface area is 120 Å². The summed E-state index contributed by atoms with van der Waals surface area (Å²) in [5.41, 5.74) is 2.13. The van der Waals surface area contributed by atoms with Gasteiger partial charge in [0, 0.05) is 11.1 Å². The minimum atomic E-state index is -1.10. The SMILES string of the molecule is C[Si](C)(C)Sc1ccc(/C=N/c2ccccc2)cc1. The van der Waals surface area contributed by atoms with E-state index in [1.807, 2.05) is 47.8 Å². The Kier molecular flexibility index (Phi) is 4.61. The van der Waals surface area contributed by atoms with Gasteiger partial charge in [0.2, 0.25) is 0 Å². The maximum atomic E-state index is 4.46. The Bertz CT molecular complexity index is 541. The molecule has 0 radical (unpaired) electrons. The van der Waals surface area contributed by atoms with Gasteiger partial charge in [-0.25, -0.2) is 0 Å². The summed E-state index contributed by atoms with van der Waals surface area (Å²) in [7, 11) is -1.10. The molecule has 0 N–H and O–H groups in total. The first-order valence-corrected chi connectivity index (χ1v) is 11.5. The standard InChI is InChI=1S/C16H19NSSi/c1-19(2,3)18-16-11-9-14(10-12-16)13-17-15-7-5-4-6-8-15/h4-13H,1-3H3/b17-13+. The molecule has 0 aliphatic carbocycles. The van der Waals surface area contributed by atoms with Crippen LogP contribution >= 0.6 is 11.2 Å². The van der Waals surface area contributed by atoms with Gasteiger partial charge in [0.1, 0.15) is 7.22 Å². The van der Waals surface area contributed by atoms with Crippen LogP contribution in [0, 0.1) is 0 Å². The summed E-state index contributed by atoms with van der Waals surface area (Å²) >= 11 is 2.02. The molecule has 0 aliphatic heterocycles. The van der Waals surface area contributed by atoms with Crippen molar-refractivity contribution < 1.29 is 0 Å². The monoisotopic (exact) mass is 285 g/mol. The molecule has 0 unspecified atom stereocenters. The molecule has 0 aromatic heterocycles. The average Bonchev–Trinajstić information content (AvgIpc) is 2.37. The van der Waals surface area contributed by atoms with Crippen molar-refractivity contribution in [3.05, 3.63) is 60.2 Å². The van der Waals surface area contributed by atoms with Gasteiger partial charge in [-0.2, -0.15) is 11.2 Å². The van der Waals surface area contributed by atoms with Crippen LogP contribution in [0.1, 0.15) is 5.56 Å². The summed E-state index contributed by atoms with van der Waals surface area (Å²) in [6, 6.07) is 18.7. The first-order chi connectivity index (χ1) is 9.03. The smallest absolute Gasteiger partial charge is 0.114 e. The summed E-state index contributed by atoms with van der Waals surface area (Å²) in [5.74, 6) is 0. The molecule has 3 heteroatoms. The van der Waals surface area contributed by atoms with Crippen LogP contribution in [0.4, 0.5) is 5.69 Å². The summed E-state index contributed by atoms with van der Waals surface area (Å²) in [6.45, 7) is 7.09. The fourth-order valence-electron chi connectivity index (χ4n) is 1.64. The summed E-state index contributed by atoms with van der Waals surface area (Å²) in [5, 5.41) is 0. The lowest BCUT2D eigenvalue weighted by molar-refractivity contribution is 1.45. The van der Waals surface area contributed by atoms with E-state index in [2.05, 4.69) is 48.9 Å². The number of nitrogens with zero attached hydrogens (tertiary/aromatic N) is 1. The van der Waals surface area contributed by atoms with Crippen LogP contribution in [0.5, 0.6) is 0 Å². The normalized spacial score (nSPS) is 11.9. The van der Waals surface area contributed by atoms with Crippen molar-refractivity contribution in [3.8, 4) is 0 Å². The summed E-state index contributed by atoms with van der Waals surface area (Å²) in [4.78, 5) is 5.82. The second-order valence-corrected chi connectivity index (χ2v) is 14.6. The Morgan fingerprint density at radius 1 is 0.895 bits per heavy atom. The van der Waals surface area contributed by atoms with E-state index < -0.39 is 7.22 Å². The highest BCUT2D eigenvalue weighted by Crippen LogP contribution is 2.28. The fraction of sp³-hybridized carbons (Fsp3) is 0.188. The third-order valence-corrected chi connectivity index (χ3v) is 6.09. The molecule has 0 bridgehead atoms. The zero-order valence-corrected chi connectivity index (χ0v) is 13.4. The Balaban J connectivity index is 2.05. The molecule has 19 heavy (non-hydrogen) atoms. The highest BCUT2D eigenvalue weighted by atomic mass is 32.4. The van der Waals surface area contributed by atoms with Gasteiger partial charge < -0.3 is 0 Å². The van der Waals surface area contributed by atoms with Crippen LogP contribution in [0.15, 0.2) is 64.5 Å². The molecule has 0 fully saturated rings. The molecule has 0 spiro atoms. The van der Waals surface area contributed by atoms with Gasteiger partial charge >= 0.3 is 0 Å². The lowest BCUT2D eigenvalue weighted by atomic mass is 10.2. The van der Waals surface area contributed by atoms with Gasteiger partial charge in [0.25, 0.3) is 0 Å². The third kappa shape index (κ3) is 5.05. The molecule has 0 amide bonds. The molecule has 1 nitrogen and oxygen atoms in total. The van der Waals surface area contributed by atoms with Gasteiger partial charge in [0.15, 0.2) is 0 Å². The first-order valence-electron chi connectivity index (χ1n) is 6.41. The molecular formula is C16H19NSSi. The van der Waals surface area contributed by atoms with Gasteiger partial charge in [0.05, 0.1) is 5.69 Å². The molecule has 2 aromatic carbocycles. The molecule has 0 aliphatic rings. The fourth-order valence-corrected chi connectivity index (χ4v) is 5.15. The topological polar surface area (TPSA) is 12.4 Å². The maximum Gasteiger partial charge on any atom is 0.114 e. The predicted octanol–water partition coefficient (Wildman–Crippen LogP) is 5.36. The van der Waals surface area contributed by atoms with Gasteiger partial charge in [-0.15, -0.1) is 0 Å². The average molecular weight is 285 g/mol. The number of aliphatic imine (C=N–C) groups is 1. The Morgan fingerprint density at radius 2 is 1.53 bits per heavy atom.